The smallest absolute Gasteiger partial charge is 0.360 e. The summed E-state index contributed by atoms with van der Waals surface area (Å²) in [5, 5.41) is 0. The Kier molecular flexibility index (Phi) is 6.85. The van der Waals surface area contributed by atoms with Crippen LogP contribution >= 0.6 is 7.60 Å². The molecule has 0 radical (unpaired) electrons. The van der Waals surface area contributed by atoms with Gasteiger partial charge in [0.15, 0.2) is 0 Å². The predicted octanol–water partition coefficient (Wildman–Crippen LogP) is 2.42. The van der Waals surface area contributed by atoms with Gasteiger partial charge in [0.25, 0.3) is 5.78 Å². The Labute approximate surface area is 101 Å². The average Bonchev–Trinajstić information content (AvgIpc) is 2.29. The number of carbonyl (C=O) groups is 1. The average molecular weight is 260 g/mol. The summed E-state index contributed by atoms with van der Waals surface area (Å²) in [6, 6.07) is 0. The lowest BCUT2D eigenvalue weighted by Crippen LogP contribution is -2.17. The number of rotatable bonds is 7. The maximum atomic E-state index is 11.8. The first-order valence-corrected chi connectivity index (χ1v) is 6.56. The van der Waals surface area contributed by atoms with Gasteiger partial charge in [0, 0.05) is 20.6 Å². The molecule has 0 saturated carbocycles. The number of allylic oxidation sites excluding steroid dienone is 2. The van der Waals surface area contributed by atoms with E-state index in [1.54, 1.807) is 0 Å². The van der Waals surface area contributed by atoms with Crippen LogP contribution in [0.5, 0.6) is 0 Å². The third kappa shape index (κ3) is 4.75. The summed E-state index contributed by atoms with van der Waals surface area (Å²) in [4.78, 5) is 14.4. The van der Waals surface area contributed by atoms with E-state index in [2.05, 4.69) is 13.8 Å². The molecule has 0 atom stereocenters. The molecule has 0 unspecified atom stereocenters. The molecule has 0 aromatic carbocycles. The van der Waals surface area contributed by atoms with Gasteiger partial charge in [-0.25, -0.2) is 4.57 Å². The summed E-state index contributed by atoms with van der Waals surface area (Å²) in [5.41, 5.74) is 9.23. The van der Waals surface area contributed by atoms with Crippen molar-refractivity contribution in [3.05, 3.63) is 17.2 Å². The zero-order valence-electron chi connectivity index (χ0n) is 10.5. The van der Waals surface area contributed by atoms with E-state index in [0.29, 0.717) is 6.42 Å². The van der Waals surface area contributed by atoms with Crippen molar-refractivity contribution in [2.75, 3.05) is 14.2 Å². The molecule has 17 heavy (non-hydrogen) atoms. The van der Waals surface area contributed by atoms with Crippen molar-refractivity contribution >= 4 is 18.8 Å². The van der Waals surface area contributed by atoms with Gasteiger partial charge in [-0.2, -0.15) is 4.79 Å². The van der Waals surface area contributed by atoms with Crippen LogP contribution in [0.1, 0.15) is 26.7 Å². The lowest BCUT2D eigenvalue weighted by molar-refractivity contribution is -0.116. The molecule has 6 nitrogen and oxygen atoms in total. The topological polar surface area (TPSA) is 89.0 Å². The summed E-state index contributed by atoms with van der Waals surface area (Å²) in [5.74, 6) is -0.558. The van der Waals surface area contributed by atoms with Crippen LogP contribution in [0.15, 0.2) is 11.6 Å². The van der Waals surface area contributed by atoms with Gasteiger partial charge >= 0.3 is 13.0 Å². The van der Waals surface area contributed by atoms with Crippen LogP contribution in [0.3, 0.4) is 0 Å². The van der Waals surface area contributed by atoms with Crippen LogP contribution in [0.25, 0.3) is 5.53 Å². The predicted molar refractivity (Wildman–Crippen MR) is 63.9 cm³/mol. The summed E-state index contributed by atoms with van der Waals surface area (Å²) in [6.07, 6.45) is 2.42. The van der Waals surface area contributed by atoms with Gasteiger partial charge in [-0.1, -0.05) is 11.6 Å². The Morgan fingerprint density at radius 3 is 2.24 bits per heavy atom. The molecule has 0 aliphatic heterocycles. The first kappa shape index (κ1) is 15.9. The number of ketones is 1. The Morgan fingerprint density at radius 1 is 1.35 bits per heavy atom. The molecule has 0 aliphatic carbocycles. The van der Waals surface area contributed by atoms with Crippen molar-refractivity contribution in [2.24, 2.45) is 0 Å². The van der Waals surface area contributed by atoms with Gasteiger partial charge in [0.1, 0.15) is 0 Å². The van der Waals surface area contributed by atoms with Gasteiger partial charge in [0.2, 0.25) is 0 Å². The van der Waals surface area contributed by atoms with Crippen LogP contribution < -0.4 is 0 Å². The largest absolute Gasteiger partial charge is 0.446 e. The number of nitrogens with zero attached hydrogens (tertiary/aromatic N) is 2. The third-order valence-electron chi connectivity index (χ3n) is 2.01. The number of hydrogen-bond donors (Lipinski definition) is 0. The number of hydrogen-bond acceptors (Lipinski definition) is 4. The molecule has 0 heterocycles. The number of carbonyl (C=O) groups excluding carboxylic acids is 1. The van der Waals surface area contributed by atoms with Crippen molar-refractivity contribution in [3.8, 4) is 0 Å². The molecule has 0 amide bonds. The maximum absolute atomic E-state index is 11.8. The minimum atomic E-state index is -3.78. The zero-order valence-corrected chi connectivity index (χ0v) is 11.4. The van der Waals surface area contributed by atoms with E-state index in [0.717, 1.165) is 19.8 Å². The first-order chi connectivity index (χ1) is 7.91. The fourth-order valence-electron chi connectivity index (χ4n) is 1.11. The minimum absolute atomic E-state index is 0.0846. The Hall–Kier alpha value is -1.06. The van der Waals surface area contributed by atoms with Crippen molar-refractivity contribution in [1.82, 2.24) is 0 Å². The van der Waals surface area contributed by atoms with E-state index < -0.39 is 18.8 Å². The standard InChI is InChI=1S/C10H17N2O4P/c1-8(2)6-5-7-9(13)10(12-11)17(14,15-3)16-4/h6H,5,7H2,1-4H3. The van der Waals surface area contributed by atoms with E-state index >= 15 is 0 Å². The van der Waals surface area contributed by atoms with Gasteiger partial charge < -0.3 is 14.6 Å². The van der Waals surface area contributed by atoms with E-state index in [-0.39, 0.29) is 6.42 Å². The van der Waals surface area contributed by atoms with E-state index in [4.69, 9.17) is 5.53 Å². The van der Waals surface area contributed by atoms with Gasteiger partial charge in [-0.3, -0.25) is 4.79 Å². The summed E-state index contributed by atoms with van der Waals surface area (Å²) >= 11 is 0. The van der Waals surface area contributed by atoms with Crippen molar-refractivity contribution in [3.63, 3.8) is 0 Å². The Balaban J connectivity index is 4.82. The van der Waals surface area contributed by atoms with Crippen molar-refractivity contribution in [2.45, 2.75) is 26.7 Å². The number of Topliss-reactive ketones (excluding diaryl/α,β-unsaturated/α-hetero) is 1. The highest BCUT2D eigenvalue weighted by molar-refractivity contribution is 7.74. The monoisotopic (exact) mass is 260 g/mol. The normalized spacial score (nSPS) is 10.6. The third-order valence-corrected chi connectivity index (χ3v) is 3.83. The summed E-state index contributed by atoms with van der Waals surface area (Å²) in [7, 11) is -1.53. The second-order valence-electron chi connectivity index (χ2n) is 3.53. The highest BCUT2D eigenvalue weighted by atomic mass is 31.2. The molecule has 0 fully saturated rings. The first-order valence-electron chi connectivity index (χ1n) is 5.02. The van der Waals surface area contributed by atoms with Crippen LogP contribution in [-0.4, -0.2) is 30.2 Å². The summed E-state index contributed by atoms with van der Waals surface area (Å²) < 4.78 is 21.0. The molecule has 0 bridgehead atoms. The maximum Gasteiger partial charge on any atom is 0.446 e. The van der Waals surface area contributed by atoms with Crippen LogP contribution in [0, 0.1) is 0 Å². The zero-order chi connectivity index (χ0) is 13.5. The van der Waals surface area contributed by atoms with Crippen molar-refractivity contribution in [1.29, 1.82) is 0 Å². The minimum Gasteiger partial charge on any atom is -0.360 e. The fraction of sp³-hybridized carbons (Fsp3) is 0.600. The van der Waals surface area contributed by atoms with Crippen LogP contribution in [0.4, 0.5) is 0 Å². The molecule has 0 saturated heterocycles. The Morgan fingerprint density at radius 2 is 1.88 bits per heavy atom. The molecule has 0 aromatic heterocycles. The molecule has 0 aliphatic rings. The van der Waals surface area contributed by atoms with E-state index in [1.165, 1.54) is 0 Å². The van der Waals surface area contributed by atoms with Crippen LogP contribution in [0.2, 0.25) is 0 Å². The van der Waals surface area contributed by atoms with Crippen molar-refractivity contribution < 1.29 is 23.2 Å². The molecule has 0 N–H and O–H groups in total. The molecule has 96 valence electrons. The Bertz CT molecular complexity index is 399. The van der Waals surface area contributed by atoms with Gasteiger partial charge in [0.05, 0.1) is 0 Å². The second-order valence-corrected chi connectivity index (χ2v) is 5.68. The van der Waals surface area contributed by atoms with E-state index in [1.807, 2.05) is 19.9 Å². The fourth-order valence-corrected chi connectivity index (χ4v) is 2.14. The molecule has 0 aromatic rings. The molecule has 0 spiro atoms. The molecular formula is C10H17N2O4P. The lowest BCUT2D eigenvalue weighted by atomic mass is 10.2. The summed E-state index contributed by atoms with van der Waals surface area (Å²) in [6.45, 7) is 3.81. The lowest BCUT2D eigenvalue weighted by Gasteiger charge is -2.07. The SMILES string of the molecule is COP(=O)(OC)C(=[N+]=[N-])C(=O)CCC=C(C)C. The molecule has 7 heteroatoms. The van der Waals surface area contributed by atoms with Gasteiger partial charge in [-0.05, 0) is 20.3 Å². The highest BCUT2D eigenvalue weighted by Crippen LogP contribution is 2.47. The van der Waals surface area contributed by atoms with E-state index in [9.17, 15) is 9.36 Å². The van der Waals surface area contributed by atoms with Gasteiger partial charge in [-0.15, -0.1) is 0 Å². The molecule has 0 rings (SSSR count). The highest BCUT2D eigenvalue weighted by Gasteiger charge is 2.43. The molecular weight excluding hydrogens is 243 g/mol. The quantitative estimate of drug-likeness (QED) is 0.231. The van der Waals surface area contributed by atoms with Crippen LogP contribution in [-0.2, 0) is 18.4 Å². The second kappa shape index (κ2) is 7.30.